The molecule has 110 valence electrons. The first-order chi connectivity index (χ1) is 9.86. The summed E-state index contributed by atoms with van der Waals surface area (Å²) in [5.74, 6) is -1.17. The second-order valence-electron chi connectivity index (χ2n) is 4.25. The number of carbonyl (C=O) groups excluding carboxylic acids is 1. The second-order valence-corrected chi connectivity index (χ2v) is 5.09. The Bertz CT molecular complexity index is 713. The summed E-state index contributed by atoms with van der Waals surface area (Å²) in [4.78, 5) is 25.6. The van der Waals surface area contributed by atoms with Crippen molar-refractivity contribution in [3.8, 4) is 0 Å². The average Bonchev–Trinajstić information content (AvgIpc) is 2.75. The number of aromatic carboxylic acids is 1. The Kier molecular flexibility index (Phi) is 4.40. The third-order valence-electron chi connectivity index (χ3n) is 2.59. The predicted molar refractivity (Wildman–Crippen MR) is 81.6 cm³/mol. The van der Waals surface area contributed by atoms with Crippen molar-refractivity contribution in [2.24, 2.45) is 0 Å². The number of anilines is 2. The molecule has 2 aromatic rings. The van der Waals surface area contributed by atoms with Crippen LogP contribution in [0.2, 0.25) is 10.0 Å². The van der Waals surface area contributed by atoms with Crippen molar-refractivity contribution in [2.45, 2.75) is 6.92 Å². The van der Waals surface area contributed by atoms with Crippen LogP contribution in [0, 0.1) is 6.92 Å². The minimum Gasteiger partial charge on any atom is -0.477 e. The van der Waals surface area contributed by atoms with Crippen molar-refractivity contribution in [1.29, 1.82) is 0 Å². The molecule has 0 saturated heterocycles. The normalized spacial score (nSPS) is 10.2. The molecule has 0 fully saturated rings. The molecule has 0 unspecified atom stereocenters. The van der Waals surface area contributed by atoms with Gasteiger partial charge in [0.25, 0.3) is 0 Å². The summed E-state index contributed by atoms with van der Waals surface area (Å²) in [6.45, 7) is 1.68. The van der Waals surface area contributed by atoms with Gasteiger partial charge in [0.1, 0.15) is 5.69 Å². The first kappa shape index (κ1) is 15.2. The molecule has 0 aliphatic heterocycles. The molecule has 4 N–H and O–H groups in total. The van der Waals surface area contributed by atoms with Crippen LogP contribution in [0.5, 0.6) is 0 Å². The zero-order valence-corrected chi connectivity index (χ0v) is 12.3. The molecule has 0 spiro atoms. The maximum Gasteiger partial charge on any atom is 0.354 e. The molecule has 1 aromatic carbocycles. The number of H-pyrrole nitrogens is 1. The number of urea groups is 1. The molecule has 0 atom stereocenters. The largest absolute Gasteiger partial charge is 0.477 e. The number of halogens is 2. The van der Waals surface area contributed by atoms with Gasteiger partial charge in [-0.3, -0.25) is 0 Å². The Balaban J connectivity index is 2.15. The number of amides is 2. The van der Waals surface area contributed by atoms with Crippen LogP contribution in [0.4, 0.5) is 16.2 Å². The van der Waals surface area contributed by atoms with Crippen LogP contribution in [0.3, 0.4) is 0 Å². The number of rotatable bonds is 3. The van der Waals surface area contributed by atoms with E-state index in [2.05, 4.69) is 15.6 Å². The molecule has 21 heavy (non-hydrogen) atoms. The van der Waals surface area contributed by atoms with Gasteiger partial charge in [-0.15, -0.1) is 0 Å². The number of hydrogen-bond donors (Lipinski definition) is 4. The van der Waals surface area contributed by atoms with Crippen molar-refractivity contribution in [3.05, 3.63) is 45.7 Å². The fourth-order valence-electron chi connectivity index (χ4n) is 1.73. The summed E-state index contributed by atoms with van der Waals surface area (Å²) >= 11 is 11.7. The van der Waals surface area contributed by atoms with Gasteiger partial charge < -0.3 is 20.7 Å². The Morgan fingerprint density at radius 2 is 1.81 bits per heavy atom. The van der Waals surface area contributed by atoms with Gasteiger partial charge in [0, 0.05) is 10.7 Å². The molecule has 0 radical (unpaired) electrons. The molecule has 0 saturated carbocycles. The number of aromatic nitrogens is 1. The van der Waals surface area contributed by atoms with E-state index in [9.17, 15) is 9.59 Å². The van der Waals surface area contributed by atoms with Crippen molar-refractivity contribution in [1.82, 2.24) is 4.98 Å². The Morgan fingerprint density at radius 1 is 1.14 bits per heavy atom. The van der Waals surface area contributed by atoms with Gasteiger partial charge in [0.2, 0.25) is 0 Å². The number of benzene rings is 1. The van der Waals surface area contributed by atoms with E-state index in [1.54, 1.807) is 19.1 Å². The molecule has 1 heterocycles. The van der Waals surface area contributed by atoms with Crippen LogP contribution in [0.15, 0.2) is 24.3 Å². The number of aromatic amines is 1. The topological polar surface area (TPSA) is 94.2 Å². The molecule has 6 nitrogen and oxygen atoms in total. The van der Waals surface area contributed by atoms with Gasteiger partial charge in [-0.25, -0.2) is 9.59 Å². The lowest BCUT2D eigenvalue weighted by molar-refractivity contribution is 0.0692. The number of carbonyl (C=O) groups is 2. The quantitative estimate of drug-likeness (QED) is 0.686. The molecule has 0 bridgehead atoms. The minimum absolute atomic E-state index is 0.0974. The first-order valence-corrected chi connectivity index (χ1v) is 6.58. The lowest BCUT2D eigenvalue weighted by Gasteiger charge is -2.09. The Morgan fingerprint density at radius 3 is 2.48 bits per heavy atom. The molecule has 2 rings (SSSR count). The fourth-order valence-corrected chi connectivity index (χ4v) is 2.06. The molecule has 1 aromatic heterocycles. The van der Waals surface area contributed by atoms with Gasteiger partial charge in [-0.05, 0) is 31.2 Å². The lowest BCUT2D eigenvalue weighted by atomic mass is 10.3. The molecule has 2 amide bonds. The smallest absolute Gasteiger partial charge is 0.354 e. The summed E-state index contributed by atoms with van der Waals surface area (Å²) in [7, 11) is 0. The molecular formula is C13H11Cl2N3O3. The standard InChI is InChI=1S/C13H11Cl2N3O3/c1-6-4-10(11(16-6)12(19)20)18-13(21)17-9-5-7(14)2-3-8(9)15/h2-5,16H,1H3,(H,19,20)(H2,17,18,21). The van der Waals surface area contributed by atoms with E-state index in [0.717, 1.165) is 0 Å². The number of carboxylic acids is 1. The van der Waals surface area contributed by atoms with Crippen LogP contribution < -0.4 is 10.6 Å². The number of hydrogen-bond acceptors (Lipinski definition) is 2. The first-order valence-electron chi connectivity index (χ1n) is 5.83. The van der Waals surface area contributed by atoms with E-state index in [0.29, 0.717) is 21.4 Å². The van der Waals surface area contributed by atoms with E-state index in [-0.39, 0.29) is 11.4 Å². The highest BCUT2D eigenvalue weighted by atomic mass is 35.5. The van der Waals surface area contributed by atoms with Gasteiger partial charge >= 0.3 is 12.0 Å². The van der Waals surface area contributed by atoms with Crippen LogP contribution in [0.25, 0.3) is 0 Å². The zero-order valence-electron chi connectivity index (χ0n) is 10.8. The van der Waals surface area contributed by atoms with Gasteiger partial charge in [0.15, 0.2) is 0 Å². The van der Waals surface area contributed by atoms with Gasteiger partial charge in [0.05, 0.1) is 16.4 Å². The van der Waals surface area contributed by atoms with Crippen molar-refractivity contribution in [3.63, 3.8) is 0 Å². The van der Waals surface area contributed by atoms with E-state index >= 15 is 0 Å². The monoisotopic (exact) mass is 327 g/mol. The summed E-state index contributed by atoms with van der Waals surface area (Å²) in [6, 6.07) is 5.51. The van der Waals surface area contributed by atoms with Crippen molar-refractivity contribution >= 4 is 46.6 Å². The van der Waals surface area contributed by atoms with Crippen LogP contribution in [-0.2, 0) is 0 Å². The minimum atomic E-state index is -1.17. The van der Waals surface area contributed by atoms with E-state index in [4.69, 9.17) is 28.3 Å². The lowest BCUT2D eigenvalue weighted by Crippen LogP contribution is -2.20. The summed E-state index contributed by atoms with van der Waals surface area (Å²) in [5.41, 5.74) is 1.00. The van der Waals surface area contributed by atoms with Crippen LogP contribution in [0.1, 0.15) is 16.2 Å². The highest BCUT2D eigenvalue weighted by Crippen LogP contribution is 2.26. The van der Waals surface area contributed by atoms with Crippen molar-refractivity contribution in [2.75, 3.05) is 10.6 Å². The summed E-state index contributed by atoms with van der Waals surface area (Å²) in [5, 5.41) is 14.7. The van der Waals surface area contributed by atoms with Crippen LogP contribution in [-0.4, -0.2) is 22.1 Å². The highest BCUT2D eigenvalue weighted by molar-refractivity contribution is 6.35. The maximum absolute atomic E-state index is 11.9. The summed E-state index contributed by atoms with van der Waals surface area (Å²) < 4.78 is 0. The van der Waals surface area contributed by atoms with E-state index < -0.39 is 12.0 Å². The maximum atomic E-state index is 11.9. The average molecular weight is 328 g/mol. The molecule has 0 aliphatic carbocycles. The van der Waals surface area contributed by atoms with E-state index in [1.807, 2.05) is 0 Å². The summed E-state index contributed by atoms with van der Waals surface area (Å²) in [6.07, 6.45) is 0. The van der Waals surface area contributed by atoms with Crippen LogP contribution >= 0.6 is 23.2 Å². The number of aryl methyl sites for hydroxylation is 1. The third kappa shape index (κ3) is 3.68. The Hall–Kier alpha value is -2.18. The number of nitrogens with one attached hydrogen (secondary N) is 3. The molecular weight excluding hydrogens is 317 g/mol. The van der Waals surface area contributed by atoms with E-state index in [1.165, 1.54) is 12.1 Å². The molecule has 0 aliphatic rings. The second kappa shape index (κ2) is 6.07. The van der Waals surface area contributed by atoms with Gasteiger partial charge in [-0.1, -0.05) is 23.2 Å². The predicted octanol–water partition coefficient (Wildman–Crippen LogP) is 3.97. The number of carboxylic acid groups (broad SMARTS) is 1. The van der Waals surface area contributed by atoms with Gasteiger partial charge in [-0.2, -0.15) is 0 Å². The zero-order chi connectivity index (χ0) is 15.6. The third-order valence-corrected chi connectivity index (χ3v) is 3.16. The van der Waals surface area contributed by atoms with Crippen molar-refractivity contribution < 1.29 is 14.7 Å². The fraction of sp³-hybridized carbons (Fsp3) is 0.0769. The Labute approximate surface area is 130 Å². The highest BCUT2D eigenvalue weighted by Gasteiger charge is 2.16. The SMILES string of the molecule is Cc1cc(NC(=O)Nc2cc(Cl)ccc2Cl)c(C(=O)O)[nH]1. The molecule has 8 heteroatoms.